The molecule has 0 fully saturated rings. The smallest absolute Gasteiger partial charge is 0.360 e. The number of thioether (sulfide) groups is 2. The van der Waals surface area contributed by atoms with E-state index < -0.39 is 15.7 Å². The molecule has 0 aromatic heterocycles. The summed E-state index contributed by atoms with van der Waals surface area (Å²) >= 11 is 3.83. The van der Waals surface area contributed by atoms with Crippen LogP contribution in [-0.4, -0.2) is 42.6 Å². The van der Waals surface area contributed by atoms with Crippen molar-refractivity contribution in [2.75, 3.05) is 24.7 Å². The fourth-order valence-electron chi connectivity index (χ4n) is 2.99. The zero-order valence-electron chi connectivity index (χ0n) is 16.1. The minimum atomic E-state index is -3.28. The number of ether oxygens (including phenoxy) is 1. The second kappa shape index (κ2) is 9.52. The molecule has 0 spiro atoms. The molecule has 1 unspecified atom stereocenters. The molecule has 24 heavy (non-hydrogen) atoms. The fraction of sp³-hybridized carbons (Fsp3) is 0.875. The Hall–Kier alpha value is 0.607. The molecular weight excluding hydrogens is 379 g/mol. The summed E-state index contributed by atoms with van der Waals surface area (Å²) in [5.74, 6) is 2.00. The molecule has 0 bridgehead atoms. The van der Waals surface area contributed by atoms with Gasteiger partial charge < -0.3 is 13.8 Å². The van der Waals surface area contributed by atoms with E-state index in [4.69, 9.17) is 13.8 Å². The Morgan fingerprint density at radius 3 is 2.04 bits per heavy atom. The van der Waals surface area contributed by atoms with Crippen molar-refractivity contribution >= 4 is 39.2 Å². The highest BCUT2D eigenvalue weighted by atomic mass is 32.2. The molecule has 1 aliphatic rings. The Labute approximate surface area is 157 Å². The van der Waals surface area contributed by atoms with Crippen LogP contribution in [0.25, 0.3) is 0 Å². The van der Waals surface area contributed by atoms with Crippen LogP contribution in [0.2, 0.25) is 19.6 Å². The van der Waals surface area contributed by atoms with E-state index in [-0.39, 0.29) is 9.81 Å². The quantitative estimate of drug-likeness (QED) is 0.250. The summed E-state index contributed by atoms with van der Waals surface area (Å²) in [6, 6.07) is 0. The van der Waals surface area contributed by atoms with Crippen LogP contribution in [0.4, 0.5) is 0 Å². The van der Waals surface area contributed by atoms with Gasteiger partial charge in [-0.25, -0.2) is 0 Å². The van der Waals surface area contributed by atoms with Crippen molar-refractivity contribution < 1.29 is 18.3 Å². The van der Waals surface area contributed by atoms with Crippen LogP contribution in [0.3, 0.4) is 0 Å². The van der Waals surface area contributed by atoms with E-state index in [1.165, 1.54) is 0 Å². The van der Waals surface area contributed by atoms with Crippen molar-refractivity contribution in [3.05, 3.63) is 11.6 Å². The molecule has 0 saturated heterocycles. The van der Waals surface area contributed by atoms with Gasteiger partial charge in [0, 0.05) is 6.42 Å². The second-order valence-electron chi connectivity index (χ2n) is 6.68. The molecule has 1 rings (SSSR count). The molecule has 0 N–H and O–H groups in total. The molecule has 0 amide bonds. The lowest BCUT2D eigenvalue weighted by Crippen LogP contribution is -2.54. The molecule has 0 aromatic carbocycles. The average molecular weight is 413 g/mol. The summed E-state index contributed by atoms with van der Waals surface area (Å²) in [7, 11) is -4.85. The Morgan fingerprint density at radius 2 is 1.67 bits per heavy atom. The minimum absolute atomic E-state index is 0.123. The van der Waals surface area contributed by atoms with E-state index in [2.05, 4.69) is 33.5 Å². The SMILES string of the molecule is CCOP(=O)(OCC)C1=COC([Si](C)(C)C)C(SCC)(SCC)C1. The lowest BCUT2D eigenvalue weighted by molar-refractivity contribution is 0.169. The maximum Gasteiger partial charge on any atom is 0.360 e. The van der Waals surface area contributed by atoms with E-state index in [0.29, 0.717) is 24.9 Å². The zero-order valence-corrected chi connectivity index (χ0v) is 19.6. The third-order valence-corrected chi connectivity index (χ3v) is 11.4. The summed E-state index contributed by atoms with van der Waals surface area (Å²) in [4.78, 5) is 0. The van der Waals surface area contributed by atoms with Crippen molar-refractivity contribution in [1.82, 2.24) is 0 Å². The summed E-state index contributed by atoms with van der Waals surface area (Å²) in [5, 5.41) is 0.683. The minimum Gasteiger partial charge on any atom is -0.499 e. The normalized spacial score (nSPS) is 21.3. The molecule has 142 valence electrons. The first-order valence-electron chi connectivity index (χ1n) is 8.71. The summed E-state index contributed by atoms with van der Waals surface area (Å²) < 4.78 is 30.5. The van der Waals surface area contributed by atoms with Gasteiger partial charge in [0.25, 0.3) is 0 Å². The molecule has 1 heterocycles. The van der Waals surface area contributed by atoms with E-state index in [9.17, 15) is 4.57 Å². The second-order valence-corrected chi connectivity index (χ2v) is 17.5. The van der Waals surface area contributed by atoms with Gasteiger partial charge in [-0.2, -0.15) is 0 Å². The largest absolute Gasteiger partial charge is 0.499 e. The predicted molar refractivity (Wildman–Crippen MR) is 111 cm³/mol. The third kappa shape index (κ3) is 5.30. The zero-order chi connectivity index (χ0) is 18.4. The maximum atomic E-state index is 13.2. The molecule has 0 aromatic rings. The van der Waals surface area contributed by atoms with Crippen molar-refractivity contribution in [2.45, 2.75) is 63.6 Å². The van der Waals surface area contributed by atoms with Crippen molar-refractivity contribution in [3.8, 4) is 0 Å². The first kappa shape index (κ1) is 22.6. The summed E-state index contributed by atoms with van der Waals surface area (Å²) in [5.41, 5.74) is 0.167. The van der Waals surface area contributed by atoms with Gasteiger partial charge in [0.2, 0.25) is 0 Å². The van der Waals surface area contributed by atoms with E-state index in [0.717, 1.165) is 11.5 Å². The van der Waals surface area contributed by atoms with Gasteiger partial charge in [-0.1, -0.05) is 33.5 Å². The van der Waals surface area contributed by atoms with E-state index in [1.54, 1.807) is 6.26 Å². The Balaban J connectivity index is 3.29. The monoisotopic (exact) mass is 412 g/mol. The van der Waals surface area contributed by atoms with Gasteiger partial charge >= 0.3 is 7.60 Å². The molecule has 1 atom stereocenters. The van der Waals surface area contributed by atoms with Crippen molar-refractivity contribution in [2.24, 2.45) is 0 Å². The molecule has 0 saturated carbocycles. The highest BCUT2D eigenvalue weighted by molar-refractivity contribution is 8.18. The Morgan fingerprint density at radius 1 is 1.17 bits per heavy atom. The van der Waals surface area contributed by atoms with Crippen molar-refractivity contribution in [1.29, 1.82) is 0 Å². The van der Waals surface area contributed by atoms with Crippen LogP contribution in [0.15, 0.2) is 11.6 Å². The number of allylic oxidation sites excluding steroid dienone is 1. The van der Waals surface area contributed by atoms with Gasteiger partial charge in [0.05, 0.1) is 36.9 Å². The van der Waals surface area contributed by atoms with Crippen LogP contribution in [0.5, 0.6) is 0 Å². The summed E-state index contributed by atoms with van der Waals surface area (Å²) in [6.45, 7) is 15.8. The Kier molecular flexibility index (Phi) is 8.98. The maximum absolute atomic E-state index is 13.2. The number of hydrogen-bond donors (Lipinski definition) is 0. The van der Waals surface area contributed by atoms with Crippen LogP contribution < -0.4 is 0 Å². The highest BCUT2D eigenvalue weighted by Gasteiger charge is 2.52. The molecule has 0 radical (unpaired) electrons. The molecule has 4 nitrogen and oxygen atoms in total. The van der Waals surface area contributed by atoms with Gasteiger partial charge in [-0.05, 0) is 25.4 Å². The number of rotatable bonds is 10. The van der Waals surface area contributed by atoms with Gasteiger partial charge in [0.15, 0.2) is 0 Å². The lowest BCUT2D eigenvalue weighted by atomic mass is 10.2. The topological polar surface area (TPSA) is 44.8 Å². The molecule has 8 heteroatoms. The van der Waals surface area contributed by atoms with E-state index in [1.807, 2.05) is 37.4 Å². The van der Waals surface area contributed by atoms with Gasteiger partial charge in [0.1, 0.15) is 5.73 Å². The van der Waals surface area contributed by atoms with E-state index >= 15 is 0 Å². The van der Waals surface area contributed by atoms with Crippen molar-refractivity contribution in [3.63, 3.8) is 0 Å². The average Bonchev–Trinajstić information content (AvgIpc) is 2.47. The van der Waals surface area contributed by atoms with Gasteiger partial charge in [-0.15, -0.1) is 23.5 Å². The third-order valence-electron chi connectivity index (χ3n) is 3.68. The fourth-order valence-corrected chi connectivity index (χ4v) is 12.4. The summed E-state index contributed by atoms with van der Waals surface area (Å²) in [6.07, 6.45) is 2.37. The first-order valence-corrected chi connectivity index (χ1v) is 15.8. The standard InChI is InChI=1S/C16H33O4PS2Si/c1-8-19-21(17,20-9-2)14-12-16(22-10-3,23-11-4)15(18-13-14)24(5,6)7/h13,15H,8-12H2,1-7H3. The van der Waals surface area contributed by atoms with Gasteiger partial charge in [-0.3, -0.25) is 4.57 Å². The lowest BCUT2D eigenvalue weighted by Gasteiger charge is -2.47. The van der Waals surface area contributed by atoms with Crippen LogP contribution in [0, 0.1) is 0 Å². The molecule has 1 aliphatic heterocycles. The van der Waals surface area contributed by atoms with Crippen LogP contribution in [0.1, 0.15) is 34.1 Å². The predicted octanol–water partition coefficient (Wildman–Crippen LogP) is 5.96. The number of hydrogen-bond acceptors (Lipinski definition) is 6. The molecular formula is C16H33O4PS2Si. The van der Waals surface area contributed by atoms with Crippen LogP contribution >= 0.6 is 31.1 Å². The Bertz CT molecular complexity index is 463. The molecule has 0 aliphatic carbocycles. The highest BCUT2D eigenvalue weighted by Crippen LogP contribution is 2.63. The first-order chi connectivity index (χ1) is 11.2. The van der Waals surface area contributed by atoms with Crippen LogP contribution in [-0.2, 0) is 18.3 Å².